The van der Waals surface area contributed by atoms with E-state index in [-0.39, 0.29) is 12.5 Å². The zero-order valence-electron chi connectivity index (χ0n) is 14.4. The lowest BCUT2D eigenvalue weighted by molar-refractivity contribution is -0.118. The number of benzene rings is 1. The van der Waals surface area contributed by atoms with Gasteiger partial charge in [0.05, 0.1) is 5.69 Å². The molecule has 0 unspecified atom stereocenters. The number of carbonyl (C=O) groups excluding carboxylic acids is 1. The predicted octanol–water partition coefficient (Wildman–Crippen LogP) is 2.04. The minimum atomic E-state index is -0.0962. The van der Waals surface area contributed by atoms with Crippen molar-refractivity contribution in [1.29, 1.82) is 0 Å². The van der Waals surface area contributed by atoms with E-state index in [1.54, 1.807) is 0 Å². The number of carbonyl (C=O) groups is 1. The molecule has 0 aliphatic carbocycles. The minimum absolute atomic E-state index is 0.0959. The molecular weight excluding hydrogens is 316 g/mol. The largest absolute Gasteiger partial charge is 0.482 e. The molecule has 6 nitrogen and oxygen atoms in total. The van der Waals surface area contributed by atoms with Crippen molar-refractivity contribution in [1.82, 2.24) is 9.88 Å². The summed E-state index contributed by atoms with van der Waals surface area (Å²) in [7, 11) is 0. The summed E-state index contributed by atoms with van der Waals surface area (Å²) >= 11 is 0. The van der Waals surface area contributed by atoms with Crippen molar-refractivity contribution in [2.45, 2.75) is 13.5 Å². The molecule has 1 amide bonds. The first kappa shape index (κ1) is 15.9. The van der Waals surface area contributed by atoms with Crippen LogP contribution in [0.5, 0.6) is 5.75 Å². The van der Waals surface area contributed by atoms with Crippen LogP contribution in [0, 0.1) is 6.92 Å². The number of pyridine rings is 1. The smallest absolute Gasteiger partial charge is 0.262 e. The highest BCUT2D eigenvalue weighted by Gasteiger charge is 2.20. The Balaban J connectivity index is 1.36. The summed E-state index contributed by atoms with van der Waals surface area (Å²) in [5, 5.41) is 2.83. The monoisotopic (exact) mass is 338 g/mol. The first-order valence-corrected chi connectivity index (χ1v) is 8.63. The normalized spacial score (nSPS) is 17.6. The van der Waals surface area contributed by atoms with Gasteiger partial charge in [-0.05, 0) is 36.2 Å². The number of amides is 1. The summed E-state index contributed by atoms with van der Waals surface area (Å²) < 4.78 is 5.50. The van der Waals surface area contributed by atoms with Crippen LogP contribution in [0.15, 0.2) is 36.5 Å². The van der Waals surface area contributed by atoms with Crippen LogP contribution in [0.2, 0.25) is 0 Å². The van der Waals surface area contributed by atoms with Crippen LogP contribution in [0.4, 0.5) is 11.5 Å². The van der Waals surface area contributed by atoms with Gasteiger partial charge in [-0.25, -0.2) is 4.98 Å². The van der Waals surface area contributed by atoms with Gasteiger partial charge >= 0.3 is 0 Å². The second-order valence-electron chi connectivity index (χ2n) is 6.62. The maximum absolute atomic E-state index is 11.3. The van der Waals surface area contributed by atoms with Crippen LogP contribution >= 0.6 is 0 Å². The predicted molar refractivity (Wildman–Crippen MR) is 97.0 cm³/mol. The van der Waals surface area contributed by atoms with Gasteiger partial charge in [0.15, 0.2) is 6.61 Å². The summed E-state index contributed by atoms with van der Waals surface area (Å²) in [5.41, 5.74) is 3.15. The van der Waals surface area contributed by atoms with Gasteiger partial charge in [-0.15, -0.1) is 0 Å². The van der Waals surface area contributed by atoms with E-state index in [4.69, 9.17) is 4.74 Å². The number of fused-ring (bicyclic) bond motifs is 1. The highest BCUT2D eigenvalue weighted by atomic mass is 16.5. The average molecular weight is 338 g/mol. The van der Waals surface area contributed by atoms with Gasteiger partial charge in [0.2, 0.25) is 0 Å². The van der Waals surface area contributed by atoms with Crippen LogP contribution in [-0.4, -0.2) is 48.6 Å². The molecule has 0 atom stereocenters. The maximum Gasteiger partial charge on any atom is 0.262 e. The Labute approximate surface area is 147 Å². The third kappa shape index (κ3) is 3.58. The molecule has 0 saturated carbocycles. The number of hydrogen-bond donors (Lipinski definition) is 1. The lowest BCUT2D eigenvalue weighted by Gasteiger charge is -2.35. The average Bonchev–Trinajstić information content (AvgIpc) is 2.63. The molecule has 1 aromatic carbocycles. The van der Waals surface area contributed by atoms with Crippen LogP contribution in [0.25, 0.3) is 0 Å². The molecule has 3 heterocycles. The Bertz CT molecular complexity index is 767. The fourth-order valence-electron chi connectivity index (χ4n) is 3.26. The first-order valence-electron chi connectivity index (χ1n) is 8.63. The lowest BCUT2D eigenvalue weighted by atomic mass is 10.1. The van der Waals surface area contributed by atoms with Crippen LogP contribution in [-0.2, 0) is 11.3 Å². The number of anilines is 2. The Hall–Kier alpha value is -2.60. The van der Waals surface area contributed by atoms with Gasteiger partial charge in [-0.1, -0.05) is 12.1 Å². The maximum atomic E-state index is 11.3. The molecule has 0 spiro atoms. The topological polar surface area (TPSA) is 57.7 Å². The van der Waals surface area contributed by atoms with E-state index in [1.165, 1.54) is 11.1 Å². The Kier molecular flexibility index (Phi) is 4.28. The molecule has 2 aliphatic heterocycles. The second kappa shape index (κ2) is 6.72. The summed E-state index contributed by atoms with van der Waals surface area (Å²) in [5.74, 6) is 1.73. The molecule has 2 aromatic rings. The number of nitrogens with zero attached hydrogens (tertiary/aromatic N) is 3. The molecule has 1 N–H and O–H groups in total. The molecule has 25 heavy (non-hydrogen) atoms. The molecule has 1 fully saturated rings. The molecule has 0 radical (unpaired) electrons. The fraction of sp³-hybridized carbons (Fsp3) is 0.368. The van der Waals surface area contributed by atoms with Crippen molar-refractivity contribution in [2.75, 3.05) is 43.0 Å². The van der Waals surface area contributed by atoms with Crippen molar-refractivity contribution >= 4 is 17.4 Å². The zero-order valence-corrected chi connectivity index (χ0v) is 14.4. The fourth-order valence-corrected chi connectivity index (χ4v) is 3.26. The van der Waals surface area contributed by atoms with Crippen molar-refractivity contribution in [3.63, 3.8) is 0 Å². The van der Waals surface area contributed by atoms with Gasteiger partial charge in [0.25, 0.3) is 5.91 Å². The number of ether oxygens (including phenoxy) is 1. The van der Waals surface area contributed by atoms with E-state index >= 15 is 0 Å². The Morgan fingerprint density at radius 3 is 2.76 bits per heavy atom. The molecular formula is C19H22N4O2. The van der Waals surface area contributed by atoms with E-state index in [0.29, 0.717) is 0 Å². The van der Waals surface area contributed by atoms with E-state index in [2.05, 4.69) is 45.2 Å². The Morgan fingerprint density at radius 1 is 1.16 bits per heavy atom. The molecule has 1 aromatic heterocycles. The number of rotatable bonds is 3. The molecule has 4 rings (SSSR count). The molecule has 130 valence electrons. The highest BCUT2D eigenvalue weighted by molar-refractivity contribution is 5.95. The van der Waals surface area contributed by atoms with E-state index in [0.717, 1.165) is 50.0 Å². The number of piperazine rings is 1. The second-order valence-corrected chi connectivity index (χ2v) is 6.62. The summed E-state index contributed by atoms with van der Waals surface area (Å²) in [6, 6.07) is 10.2. The molecule has 2 aliphatic rings. The van der Waals surface area contributed by atoms with Crippen molar-refractivity contribution in [3.05, 3.63) is 47.7 Å². The molecule has 0 bridgehead atoms. The first-order chi connectivity index (χ1) is 12.2. The highest BCUT2D eigenvalue weighted by Crippen LogP contribution is 2.29. The quantitative estimate of drug-likeness (QED) is 0.928. The third-order valence-corrected chi connectivity index (χ3v) is 4.68. The number of aryl methyl sites for hydroxylation is 1. The number of nitrogens with one attached hydrogen (secondary N) is 1. The van der Waals surface area contributed by atoms with Crippen LogP contribution in [0.3, 0.4) is 0 Å². The third-order valence-electron chi connectivity index (χ3n) is 4.68. The summed E-state index contributed by atoms with van der Waals surface area (Å²) in [4.78, 5) is 20.6. The van der Waals surface area contributed by atoms with Crippen LogP contribution < -0.4 is 15.0 Å². The van der Waals surface area contributed by atoms with Gasteiger partial charge in [0.1, 0.15) is 11.6 Å². The zero-order chi connectivity index (χ0) is 17.2. The van der Waals surface area contributed by atoms with Gasteiger partial charge < -0.3 is 15.0 Å². The Morgan fingerprint density at radius 2 is 2.00 bits per heavy atom. The lowest BCUT2D eigenvalue weighted by Crippen LogP contribution is -2.46. The SMILES string of the molecule is Cc1ccc(N2CCN(Cc3ccc4c(c3)OCC(=O)N4)CC2)nc1. The van der Waals surface area contributed by atoms with E-state index < -0.39 is 0 Å². The van der Waals surface area contributed by atoms with Gasteiger partial charge in [-0.2, -0.15) is 0 Å². The number of aromatic nitrogens is 1. The standard InChI is InChI=1S/C19H22N4O2/c1-14-2-5-18(20-11-14)23-8-6-22(7-9-23)12-15-3-4-16-17(10-15)25-13-19(24)21-16/h2-5,10-11H,6-9,12-13H2,1H3,(H,21,24). The van der Waals surface area contributed by atoms with Crippen molar-refractivity contribution < 1.29 is 9.53 Å². The summed E-state index contributed by atoms with van der Waals surface area (Å²) in [6.45, 7) is 7.01. The van der Waals surface area contributed by atoms with E-state index in [1.807, 2.05) is 18.3 Å². The van der Waals surface area contributed by atoms with Gasteiger partial charge in [0, 0.05) is 38.9 Å². The van der Waals surface area contributed by atoms with Crippen molar-refractivity contribution in [2.24, 2.45) is 0 Å². The molecule has 1 saturated heterocycles. The minimum Gasteiger partial charge on any atom is -0.482 e. The molecule has 6 heteroatoms. The van der Waals surface area contributed by atoms with Gasteiger partial charge in [-0.3, -0.25) is 9.69 Å². The number of hydrogen-bond acceptors (Lipinski definition) is 5. The van der Waals surface area contributed by atoms with Crippen LogP contribution in [0.1, 0.15) is 11.1 Å². The van der Waals surface area contributed by atoms with E-state index in [9.17, 15) is 4.79 Å². The summed E-state index contributed by atoms with van der Waals surface area (Å²) in [6.07, 6.45) is 1.92. The van der Waals surface area contributed by atoms with Crippen molar-refractivity contribution in [3.8, 4) is 5.75 Å².